The summed E-state index contributed by atoms with van der Waals surface area (Å²) in [5.41, 5.74) is 2.24. The van der Waals surface area contributed by atoms with Gasteiger partial charge >= 0.3 is 0 Å². The monoisotopic (exact) mass is 460 g/mol. The lowest BCUT2D eigenvalue weighted by molar-refractivity contribution is 0.0517. The van der Waals surface area contributed by atoms with Crippen molar-refractivity contribution in [2.45, 2.75) is 25.3 Å². The molecule has 34 heavy (non-hydrogen) atoms. The molecule has 178 valence electrons. The van der Waals surface area contributed by atoms with Crippen molar-refractivity contribution in [3.05, 3.63) is 83.7 Å². The van der Waals surface area contributed by atoms with E-state index in [2.05, 4.69) is 17.2 Å². The van der Waals surface area contributed by atoms with Crippen molar-refractivity contribution >= 4 is 11.8 Å². The van der Waals surface area contributed by atoms with Gasteiger partial charge in [-0.25, -0.2) is 0 Å². The van der Waals surface area contributed by atoms with Crippen LogP contribution in [0.1, 0.15) is 39.3 Å². The summed E-state index contributed by atoms with van der Waals surface area (Å²) >= 11 is 0. The molecule has 0 N–H and O–H groups in total. The van der Waals surface area contributed by atoms with Gasteiger partial charge in [0.05, 0.1) is 12.7 Å². The zero-order chi connectivity index (χ0) is 24.1. The van der Waals surface area contributed by atoms with Crippen molar-refractivity contribution in [1.82, 2.24) is 19.6 Å². The molecular weight excluding hydrogens is 428 g/mol. The summed E-state index contributed by atoms with van der Waals surface area (Å²) < 4.78 is 7.03. The first-order valence-electron chi connectivity index (χ1n) is 11.7. The molecule has 0 spiro atoms. The van der Waals surface area contributed by atoms with Crippen LogP contribution >= 0.6 is 0 Å². The Morgan fingerprint density at radius 1 is 1.06 bits per heavy atom. The van der Waals surface area contributed by atoms with Gasteiger partial charge in [-0.2, -0.15) is 5.10 Å². The molecule has 0 bridgehead atoms. The molecule has 0 aliphatic carbocycles. The quantitative estimate of drug-likeness (QED) is 0.540. The van der Waals surface area contributed by atoms with Gasteiger partial charge in [0.2, 0.25) is 0 Å². The van der Waals surface area contributed by atoms with Crippen molar-refractivity contribution in [1.29, 1.82) is 0 Å². The number of benzene rings is 2. The summed E-state index contributed by atoms with van der Waals surface area (Å²) in [6, 6.07) is 19.4. The van der Waals surface area contributed by atoms with Crippen LogP contribution in [0.2, 0.25) is 0 Å². The second kappa shape index (κ2) is 10.5. The van der Waals surface area contributed by atoms with Gasteiger partial charge in [-0.15, -0.1) is 0 Å². The Morgan fingerprint density at radius 2 is 1.74 bits per heavy atom. The van der Waals surface area contributed by atoms with E-state index in [1.165, 1.54) is 5.56 Å². The van der Waals surface area contributed by atoms with Crippen LogP contribution < -0.4 is 4.74 Å². The molecule has 1 fully saturated rings. The fraction of sp³-hybridized carbons (Fsp3) is 0.370. The van der Waals surface area contributed by atoms with E-state index in [-0.39, 0.29) is 23.8 Å². The molecule has 0 radical (unpaired) electrons. The van der Waals surface area contributed by atoms with Crippen LogP contribution in [0.5, 0.6) is 5.75 Å². The minimum Gasteiger partial charge on any atom is -0.496 e. The Balaban J connectivity index is 1.49. The van der Waals surface area contributed by atoms with E-state index in [1.807, 2.05) is 66.4 Å². The van der Waals surface area contributed by atoms with Gasteiger partial charge < -0.3 is 14.5 Å². The molecule has 1 aliphatic heterocycles. The van der Waals surface area contributed by atoms with E-state index in [0.717, 1.165) is 19.3 Å². The summed E-state index contributed by atoms with van der Waals surface area (Å²) in [7, 11) is 5.27. The number of ether oxygens (including phenoxy) is 1. The minimum absolute atomic E-state index is 0.00609. The van der Waals surface area contributed by atoms with E-state index in [1.54, 1.807) is 24.1 Å². The number of nitrogens with zero attached hydrogens (tertiary/aromatic N) is 4. The molecule has 7 nitrogen and oxygen atoms in total. The molecular formula is C27H32N4O3. The third-order valence-electron chi connectivity index (χ3n) is 6.75. The molecule has 1 unspecified atom stereocenters. The number of methoxy groups -OCH3 is 1. The highest BCUT2D eigenvalue weighted by Crippen LogP contribution is 2.29. The average Bonchev–Trinajstić information content (AvgIpc) is 3.33. The van der Waals surface area contributed by atoms with E-state index in [0.29, 0.717) is 30.1 Å². The number of amides is 2. The number of aryl methyl sites for hydroxylation is 1. The van der Waals surface area contributed by atoms with Gasteiger partial charge in [0, 0.05) is 39.4 Å². The van der Waals surface area contributed by atoms with E-state index in [4.69, 9.17) is 4.74 Å². The van der Waals surface area contributed by atoms with Crippen LogP contribution in [0.15, 0.2) is 66.9 Å². The van der Waals surface area contributed by atoms with Crippen LogP contribution in [0.4, 0.5) is 0 Å². The fourth-order valence-corrected chi connectivity index (χ4v) is 4.81. The van der Waals surface area contributed by atoms with E-state index >= 15 is 0 Å². The zero-order valence-electron chi connectivity index (χ0n) is 20.1. The number of carbonyl (C=O) groups excluding carboxylic acids is 2. The lowest BCUT2D eigenvalue weighted by atomic mass is 9.84. The topological polar surface area (TPSA) is 67.7 Å². The maximum Gasteiger partial charge on any atom is 0.274 e. The fourth-order valence-electron chi connectivity index (χ4n) is 4.81. The third-order valence-corrected chi connectivity index (χ3v) is 6.75. The number of piperidine rings is 1. The van der Waals surface area contributed by atoms with Crippen LogP contribution in [-0.4, -0.2) is 64.7 Å². The third kappa shape index (κ3) is 5.14. The number of carbonyl (C=O) groups is 2. The summed E-state index contributed by atoms with van der Waals surface area (Å²) in [5.74, 6) is 0.791. The summed E-state index contributed by atoms with van der Waals surface area (Å²) in [6.07, 6.45) is 4.21. The molecule has 1 saturated heterocycles. The normalized spacial score (nSPS) is 15.1. The number of likely N-dealkylation sites (tertiary alicyclic amines) is 1. The highest BCUT2D eigenvalue weighted by atomic mass is 16.5. The van der Waals surface area contributed by atoms with Gasteiger partial charge in [0.15, 0.2) is 0 Å². The van der Waals surface area contributed by atoms with Crippen LogP contribution in [0.25, 0.3) is 0 Å². The standard InChI is InChI=1S/C27H32N4O3/c1-29-16-15-23(28-29)27(33)30(2)24(19-20-9-5-4-6-10-20)21-13-17-31(18-14-21)26(32)22-11-7-8-12-25(22)34-3/h4-12,15-16,21,24H,13-14,17-19H2,1-3H3. The predicted octanol–water partition coefficient (Wildman–Crippen LogP) is 3.66. The minimum atomic E-state index is -0.0749. The van der Waals surface area contributed by atoms with Gasteiger partial charge in [-0.3, -0.25) is 14.3 Å². The SMILES string of the molecule is COc1ccccc1C(=O)N1CCC(C(Cc2ccccc2)N(C)C(=O)c2ccn(C)n2)CC1. The summed E-state index contributed by atoms with van der Waals surface area (Å²) in [5, 5.41) is 4.31. The highest BCUT2D eigenvalue weighted by Gasteiger charge is 2.34. The van der Waals surface area contributed by atoms with Crippen LogP contribution in [-0.2, 0) is 13.5 Å². The predicted molar refractivity (Wildman–Crippen MR) is 131 cm³/mol. The molecule has 2 amide bonds. The van der Waals surface area contributed by atoms with Crippen LogP contribution in [0.3, 0.4) is 0 Å². The number of aromatic nitrogens is 2. The smallest absolute Gasteiger partial charge is 0.274 e. The Morgan fingerprint density at radius 3 is 2.38 bits per heavy atom. The van der Waals surface area contributed by atoms with Crippen LogP contribution in [0, 0.1) is 5.92 Å². The highest BCUT2D eigenvalue weighted by molar-refractivity contribution is 5.97. The average molecular weight is 461 g/mol. The molecule has 7 heteroatoms. The Bertz CT molecular complexity index is 1120. The van der Waals surface area contributed by atoms with Crippen molar-refractivity contribution in [2.24, 2.45) is 13.0 Å². The van der Waals surface area contributed by atoms with Crippen molar-refractivity contribution in [3.63, 3.8) is 0 Å². The second-order valence-electron chi connectivity index (χ2n) is 8.88. The number of hydrogen-bond acceptors (Lipinski definition) is 4. The first kappa shape index (κ1) is 23.5. The lowest BCUT2D eigenvalue weighted by Gasteiger charge is -2.40. The molecule has 1 atom stereocenters. The molecule has 4 rings (SSSR count). The molecule has 1 aliphatic rings. The lowest BCUT2D eigenvalue weighted by Crippen LogP contribution is -2.48. The van der Waals surface area contributed by atoms with E-state index in [9.17, 15) is 9.59 Å². The van der Waals surface area contributed by atoms with E-state index < -0.39 is 0 Å². The molecule has 2 heterocycles. The maximum atomic E-state index is 13.2. The van der Waals surface area contributed by atoms with Gasteiger partial charge in [0.1, 0.15) is 11.4 Å². The number of para-hydroxylation sites is 1. The summed E-state index contributed by atoms with van der Waals surface area (Å²) in [6.45, 7) is 1.30. The molecule has 0 saturated carbocycles. The largest absolute Gasteiger partial charge is 0.496 e. The van der Waals surface area contributed by atoms with Crippen molar-refractivity contribution in [3.8, 4) is 5.75 Å². The Labute approximate surface area is 200 Å². The second-order valence-corrected chi connectivity index (χ2v) is 8.88. The number of hydrogen-bond donors (Lipinski definition) is 0. The summed E-state index contributed by atoms with van der Waals surface area (Å²) in [4.78, 5) is 30.1. The number of rotatable bonds is 7. The first-order chi connectivity index (χ1) is 16.5. The van der Waals surface area contributed by atoms with Gasteiger partial charge in [-0.1, -0.05) is 42.5 Å². The van der Waals surface area contributed by atoms with Gasteiger partial charge in [0.25, 0.3) is 11.8 Å². The van der Waals surface area contributed by atoms with Crippen molar-refractivity contribution < 1.29 is 14.3 Å². The van der Waals surface area contributed by atoms with Gasteiger partial charge in [-0.05, 0) is 48.9 Å². The first-order valence-corrected chi connectivity index (χ1v) is 11.7. The maximum absolute atomic E-state index is 13.2. The Kier molecular flexibility index (Phi) is 7.30. The molecule has 1 aromatic heterocycles. The van der Waals surface area contributed by atoms with Crippen molar-refractivity contribution in [2.75, 3.05) is 27.2 Å². The molecule has 2 aromatic carbocycles. The Hall–Kier alpha value is -3.61. The zero-order valence-corrected chi connectivity index (χ0v) is 20.1. The number of likely N-dealkylation sites (N-methyl/N-ethyl adjacent to an activating group) is 1. The molecule has 3 aromatic rings.